The summed E-state index contributed by atoms with van der Waals surface area (Å²) in [5.74, 6) is 0. The van der Waals surface area contributed by atoms with Crippen LogP contribution in [0.25, 0.3) is 0 Å². The van der Waals surface area contributed by atoms with Crippen LogP contribution in [0.2, 0.25) is 5.02 Å². The molecule has 0 aliphatic heterocycles. The van der Waals surface area contributed by atoms with Gasteiger partial charge < -0.3 is 10.2 Å². The molecule has 4 heteroatoms. The molecule has 0 aromatic heterocycles. The van der Waals surface area contributed by atoms with Crippen molar-refractivity contribution in [2.75, 3.05) is 24.3 Å². The summed E-state index contributed by atoms with van der Waals surface area (Å²) in [6.45, 7) is 2.89. The van der Waals surface area contributed by atoms with Crippen molar-refractivity contribution in [2.24, 2.45) is 0 Å². The largest absolute Gasteiger partial charge is 0.381 e. The van der Waals surface area contributed by atoms with E-state index in [2.05, 4.69) is 51.3 Å². The number of benzene rings is 2. The van der Waals surface area contributed by atoms with E-state index in [4.69, 9.17) is 11.6 Å². The van der Waals surface area contributed by atoms with Crippen molar-refractivity contribution in [3.63, 3.8) is 0 Å². The van der Waals surface area contributed by atoms with E-state index in [1.54, 1.807) is 0 Å². The molecule has 0 fully saturated rings. The van der Waals surface area contributed by atoms with Gasteiger partial charge in [0.1, 0.15) is 0 Å². The van der Waals surface area contributed by atoms with Crippen LogP contribution in [0.4, 0.5) is 11.4 Å². The second kappa shape index (κ2) is 6.51. The summed E-state index contributed by atoms with van der Waals surface area (Å²) >= 11 is 9.45. The second-order valence-electron chi connectivity index (χ2n) is 5.00. The Kier molecular flexibility index (Phi) is 4.95. The third-order valence-corrected chi connectivity index (χ3v) is 4.41. The highest BCUT2D eigenvalue weighted by Crippen LogP contribution is 2.25. The number of nitrogens with one attached hydrogen (secondary N) is 1. The van der Waals surface area contributed by atoms with Crippen LogP contribution in [0.5, 0.6) is 0 Å². The molecule has 0 aliphatic carbocycles. The predicted molar refractivity (Wildman–Crippen MR) is 92.0 cm³/mol. The number of anilines is 2. The summed E-state index contributed by atoms with van der Waals surface area (Å²) in [5.41, 5.74) is 4.80. The molecule has 2 aromatic rings. The van der Waals surface area contributed by atoms with Gasteiger partial charge in [0.05, 0.1) is 5.02 Å². The number of halogens is 2. The minimum absolute atomic E-state index is 0.736. The number of hydrogen-bond acceptors (Lipinski definition) is 2. The zero-order valence-corrected chi connectivity index (χ0v) is 14.2. The third kappa shape index (κ3) is 3.68. The van der Waals surface area contributed by atoms with Crippen LogP contribution in [-0.4, -0.2) is 14.1 Å². The lowest BCUT2D eigenvalue weighted by atomic mass is 10.1. The maximum atomic E-state index is 6.00. The maximum Gasteiger partial charge on any atom is 0.0548 e. The maximum absolute atomic E-state index is 6.00. The molecule has 2 nitrogen and oxygen atoms in total. The molecule has 0 atom stereocenters. The standard InChI is InChI=1S/C16H18BrClN2/c1-11-8-13(20(2)3)5-7-16(11)19-10-12-4-6-15(18)14(17)9-12/h4-9,19H,10H2,1-3H3. The van der Waals surface area contributed by atoms with E-state index in [1.807, 2.05) is 32.3 Å². The first-order chi connectivity index (χ1) is 9.47. The summed E-state index contributed by atoms with van der Waals surface area (Å²) in [4.78, 5) is 2.10. The molecule has 0 bridgehead atoms. The summed E-state index contributed by atoms with van der Waals surface area (Å²) in [5, 5.41) is 4.20. The van der Waals surface area contributed by atoms with Crippen molar-refractivity contribution in [1.82, 2.24) is 0 Å². The predicted octanol–water partition coefficient (Wildman–Crippen LogP) is 5.09. The highest BCUT2D eigenvalue weighted by Gasteiger charge is 2.03. The van der Waals surface area contributed by atoms with E-state index < -0.39 is 0 Å². The van der Waals surface area contributed by atoms with Gasteiger partial charge in [-0.2, -0.15) is 0 Å². The topological polar surface area (TPSA) is 15.3 Å². The van der Waals surface area contributed by atoms with Crippen LogP contribution in [0.1, 0.15) is 11.1 Å². The van der Waals surface area contributed by atoms with Gasteiger partial charge in [0, 0.05) is 36.5 Å². The minimum atomic E-state index is 0.736. The van der Waals surface area contributed by atoms with Gasteiger partial charge in [-0.3, -0.25) is 0 Å². The van der Waals surface area contributed by atoms with Gasteiger partial charge in [-0.15, -0.1) is 0 Å². The van der Waals surface area contributed by atoms with Gasteiger partial charge in [-0.25, -0.2) is 0 Å². The van der Waals surface area contributed by atoms with Crippen molar-refractivity contribution in [2.45, 2.75) is 13.5 Å². The van der Waals surface area contributed by atoms with Crippen LogP contribution in [0.15, 0.2) is 40.9 Å². The zero-order valence-electron chi connectivity index (χ0n) is 11.9. The van der Waals surface area contributed by atoms with E-state index in [1.165, 1.54) is 16.8 Å². The SMILES string of the molecule is Cc1cc(N(C)C)ccc1NCc1ccc(Cl)c(Br)c1. The highest BCUT2D eigenvalue weighted by molar-refractivity contribution is 9.10. The second-order valence-corrected chi connectivity index (χ2v) is 6.26. The fourth-order valence-corrected chi connectivity index (χ4v) is 2.51. The third-order valence-electron chi connectivity index (χ3n) is 3.19. The lowest BCUT2D eigenvalue weighted by Crippen LogP contribution is -2.09. The first kappa shape index (κ1) is 15.2. The average Bonchev–Trinajstić information content (AvgIpc) is 2.41. The van der Waals surface area contributed by atoms with E-state index in [0.29, 0.717) is 0 Å². The summed E-state index contributed by atoms with van der Waals surface area (Å²) in [6.07, 6.45) is 0. The Morgan fingerprint density at radius 2 is 1.90 bits per heavy atom. The fourth-order valence-electron chi connectivity index (χ4n) is 1.97. The van der Waals surface area contributed by atoms with E-state index in [9.17, 15) is 0 Å². The van der Waals surface area contributed by atoms with E-state index in [0.717, 1.165) is 21.7 Å². The van der Waals surface area contributed by atoms with E-state index in [-0.39, 0.29) is 0 Å². The monoisotopic (exact) mass is 352 g/mol. The van der Waals surface area contributed by atoms with Crippen LogP contribution in [-0.2, 0) is 6.54 Å². The van der Waals surface area contributed by atoms with Gasteiger partial charge in [-0.05, 0) is 64.3 Å². The minimum Gasteiger partial charge on any atom is -0.381 e. The first-order valence-corrected chi connectivity index (χ1v) is 7.60. The number of aryl methyl sites for hydroxylation is 1. The molecule has 0 amide bonds. The lowest BCUT2D eigenvalue weighted by Gasteiger charge is -2.16. The zero-order chi connectivity index (χ0) is 14.7. The summed E-state index contributed by atoms with van der Waals surface area (Å²) in [6, 6.07) is 12.4. The van der Waals surface area contributed by atoms with Gasteiger partial charge in [0.2, 0.25) is 0 Å². The molecule has 20 heavy (non-hydrogen) atoms. The van der Waals surface area contributed by atoms with Crippen LogP contribution in [0.3, 0.4) is 0 Å². The average molecular weight is 354 g/mol. The van der Waals surface area contributed by atoms with Crippen LogP contribution >= 0.6 is 27.5 Å². The molecule has 0 aliphatic rings. The van der Waals surface area contributed by atoms with E-state index >= 15 is 0 Å². The summed E-state index contributed by atoms with van der Waals surface area (Å²) in [7, 11) is 4.10. The van der Waals surface area contributed by atoms with Crippen molar-refractivity contribution in [3.8, 4) is 0 Å². The van der Waals surface area contributed by atoms with Gasteiger partial charge in [-0.1, -0.05) is 17.7 Å². The molecule has 2 aromatic carbocycles. The molecule has 2 rings (SSSR count). The van der Waals surface area contributed by atoms with Crippen molar-refractivity contribution in [1.29, 1.82) is 0 Å². The van der Waals surface area contributed by atoms with Gasteiger partial charge >= 0.3 is 0 Å². The molecule has 0 spiro atoms. The van der Waals surface area contributed by atoms with Crippen molar-refractivity contribution >= 4 is 38.9 Å². The summed E-state index contributed by atoms with van der Waals surface area (Å²) < 4.78 is 0.929. The molecule has 0 heterocycles. The van der Waals surface area contributed by atoms with Crippen molar-refractivity contribution < 1.29 is 0 Å². The Hall–Kier alpha value is -1.19. The lowest BCUT2D eigenvalue weighted by molar-refractivity contribution is 1.11. The smallest absolute Gasteiger partial charge is 0.0548 e. The Morgan fingerprint density at radius 3 is 2.50 bits per heavy atom. The van der Waals surface area contributed by atoms with Crippen LogP contribution < -0.4 is 10.2 Å². The molecule has 0 saturated heterocycles. The Labute approximate surface area is 133 Å². The highest BCUT2D eigenvalue weighted by atomic mass is 79.9. The Balaban J connectivity index is 2.09. The van der Waals surface area contributed by atoms with Crippen molar-refractivity contribution in [3.05, 3.63) is 57.0 Å². The molecular formula is C16H18BrClN2. The van der Waals surface area contributed by atoms with Gasteiger partial charge in [0.15, 0.2) is 0 Å². The molecule has 0 unspecified atom stereocenters. The normalized spacial score (nSPS) is 10.4. The van der Waals surface area contributed by atoms with Crippen LogP contribution in [0, 0.1) is 6.92 Å². The number of rotatable bonds is 4. The molecule has 0 saturated carbocycles. The molecule has 106 valence electrons. The first-order valence-electron chi connectivity index (χ1n) is 6.43. The Bertz CT molecular complexity index is 611. The Morgan fingerprint density at radius 1 is 1.15 bits per heavy atom. The van der Waals surface area contributed by atoms with Gasteiger partial charge in [0.25, 0.3) is 0 Å². The number of nitrogens with zero attached hydrogens (tertiary/aromatic N) is 1. The molecule has 0 radical (unpaired) electrons. The number of hydrogen-bond donors (Lipinski definition) is 1. The molecule has 1 N–H and O–H groups in total. The molecular weight excluding hydrogens is 336 g/mol. The quantitative estimate of drug-likeness (QED) is 0.823. The fraction of sp³-hybridized carbons (Fsp3) is 0.250.